The van der Waals surface area contributed by atoms with E-state index in [0.29, 0.717) is 18.3 Å². The number of nitrogens with zero attached hydrogens (tertiary/aromatic N) is 2. The standard InChI is InChI=1S/C16H22N4O2.ClH/c1-10(18-15(21)16(2,3)4)14-19-13(20-22-14)12-7-5-11(9-17)6-8-12;/h5-8,10H,9,17H2,1-4H3,(H,18,21);1H. The number of halogens is 1. The Kier molecular flexibility index (Phi) is 6.29. The minimum atomic E-state index is -0.463. The summed E-state index contributed by atoms with van der Waals surface area (Å²) in [6, 6.07) is 7.31. The number of hydrogen-bond donors (Lipinski definition) is 2. The second-order valence-electron chi connectivity index (χ2n) is 6.30. The highest BCUT2D eigenvalue weighted by Crippen LogP contribution is 2.21. The third kappa shape index (κ3) is 4.77. The predicted molar refractivity (Wildman–Crippen MR) is 90.9 cm³/mol. The fraction of sp³-hybridized carbons (Fsp3) is 0.438. The van der Waals surface area contributed by atoms with Gasteiger partial charge in [0.25, 0.3) is 0 Å². The van der Waals surface area contributed by atoms with Crippen LogP contribution in [0.2, 0.25) is 0 Å². The van der Waals surface area contributed by atoms with E-state index in [1.54, 1.807) is 0 Å². The molecule has 1 unspecified atom stereocenters. The van der Waals surface area contributed by atoms with Crippen LogP contribution in [0.5, 0.6) is 0 Å². The Balaban J connectivity index is 0.00000264. The van der Waals surface area contributed by atoms with Gasteiger partial charge in [-0.2, -0.15) is 4.98 Å². The van der Waals surface area contributed by atoms with Crippen LogP contribution in [0.4, 0.5) is 0 Å². The Bertz CT molecular complexity index is 647. The van der Waals surface area contributed by atoms with E-state index in [0.717, 1.165) is 11.1 Å². The van der Waals surface area contributed by atoms with Gasteiger partial charge < -0.3 is 15.6 Å². The highest BCUT2D eigenvalue weighted by molar-refractivity contribution is 5.85. The number of aromatic nitrogens is 2. The Morgan fingerprint density at radius 3 is 2.43 bits per heavy atom. The van der Waals surface area contributed by atoms with Crippen molar-refractivity contribution in [2.75, 3.05) is 0 Å². The molecule has 6 nitrogen and oxygen atoms in total. The molecule has 0 saturated carbocycles. The Morgan fingerprint density at radius 2 is 1.91 bits per heavy atom. The largest absolute Gasteiger partial charge is 0.344 e. The first kappa shape index (κ1) is 19.1. The monoisotopic (exact) mass is 338 g/mol. The minimum absolute atomic E-state index is 0. The van der Waals surface area contributed by atoms with Crippen LogP contribution in [-0.2, 0) is 11.3 Å². The number of benzene rings is 1. The van der Waals surface area contributed by atoms with Gasteiger partial charge in [-0.3, -0.25) is 4.79 Å². The van der Waals surface area contributed by atoms with Gasteiger partial charge in [-0.15, -0.1) is 12.4 Å². The molecule has 1 aromatic carbocycles. The van der Waals surface area contributed by atoms with E-state index in [9.17, 15) is 4.79 Å². The first-order valence-electron chi connectivity index (χ1n) is 7.25. The Morgan fingerprint density at radius 1 is 1.30 bits per heavy atom. The average Bonchev–Trinajstić information content (AvgIpc) is 2.96. The molecule has 1 amide bonds. The van der Waals surface area contributed by atoms with Gasteiger partial charge in [0.1, 0.15) is 6.04 Å². The molecule has 0 aliphatic heterocycles. The lowest BCUT2D eigenvalue weighted by atomic mass is 9.95. The maximum Gasteiger partial charge on any atom is 0.249 e. The van der Waals surface area contributed by atoms with Crippen molar-refractivity contribution in [2.24, 2.45) is 11.1 Å². The second-order valence-corrected chi connectivity index (χ2v) is 6.30. The summed E-state index contributed by atoms with van der Waals surface area (Å²) in [5.74, 6) is 0.818. The van der Waals surface area contributed by atoms with Crippen molar-refractivity contribution < 1.29 is 9.32 Å². The Hall–Kier alpha value is -1.92. The molecule has 0 aliphatic carbocycles. The van der Waals surface area contributed by atoms with Crippen molar-refractivity contribution in [2.45, 2.75) is 40.3 Å². The Labute approximate surface area is 142 Å². The van der Waals surface area contributed by atoms with Crippen LogP contribution < -0.4 is 11.1 Å². The molecule has 3 N–H and O–H groups in total. The van der Waals surface area contributed by atoms with E-state index >= 15 is 0 Å². The maximum atomic E-state index is 12.0. The quantitative estimate of drug-likeness (QED) is 0.893. The molecule has 1 heterocycles. The third-order valence-electron chi connectivity index (χ3n) is 3.29. The van der Waals surface area contributed by atoms with Crippen LogP contribution in [0.1, 0.15) is 45.2 Å². The zero-order chi connectivity index (χ0) is 16.3. The maximum absolute atomic E-state index is 12.0. The van der Waals surface area contributed by atoms with Gasteiger partial charge in [0.2, 0.25) is 17.6 Å². The minimum Gasteiger partial charge on any atom is -0.344 e. The van der Waals surface area contributed by atoms with E-state index in [4.69, 9.17) is 10.3 Å². The summed E-state index contributed by atoms with van der Waals surface area (Å²) in [7, 11) is 0. The molecule has 23 heavy (non-hydrogen) atoms. The van der Waals surface area contributed by atoms with Crippen molar-refractivity contribution in [3.63, 3.8) is 0 Å². The average molecular weight is 339 g/mol. The lowest BCUT2D eigenvalue weighted by Gasteiger charge is -2.19. The van der Waals surface area contributed by atoms with Crippen molar-refractivity contribution in [3.8, 4) is 11.4 Å². The number of rotatable bonds is 4. The molecule has 0 spiro atoms. The first-order chi connectivity index (χ1) is 10.3. The zero-order valence-electron chi connectivity index (χ0n) is 13.8. The van der Waals surface area contributed by atoms with E-state index in [1.807, 2.05) is 52.0 Å². The fourth-order valence-corrected chi connectivity index (χ4v) is 1.79. The molecule has 0 aliphatic rings. The molecular formula is C16H23ClN4O2. The highest BCUT2D eigenvalue weighted by atomic mass is 35.5. The molecule has 0 saturated heterocycles. The molecule has 7 heteroatoms. The second kappa shape index (κ2) is 7.57. The summed E-state index contributed by atoms with van der Waals surface area (Å²) in [5, 5.41) is 6.83. The molecule has 2 rings (SSSR count). The number of nitrogens with one attached hydrogen (secondary N) is 1. The first-order valence-corrected chi connectivity index (χ1v) is 7.25. The molecule has 0 radical (unpaired) electrons. The van der Waals surface area contributed by atoms with Crippen LogP contribution >= 0.6 is 12.4 Å². The number of carbonyl (C=O) groups excluding carboxylic acids is 1. The summed E-state index contributed by atoms with van der Waals surface area (Å²) in [6.45, 7) is 7.87. The zero-order valence-corrected chi connectivity index (χ0v) is 14.6. The van der Waals surface area contributed by atoms with E-state index in [1.165, 1.54) is 0 Å². The van der Waals surface area contributed by atoms with Crippen LogP contribution in [0.3, 0.4) is 0 Å². The summed E-state index contributed by atoms with van der Waals surface area (Å²) in [5.41, 5.74) is 7.00. The number of carbonyl (C=O) groups is 1. The highest BCUT2D eigenvalue weighted by Gasteiger charge is 2.25. The van der Waals surface area contributed by atoms with E-state index < -0.39 is 5.41 Å². The number of nitrogens with two attached hydrogens (primary N) is 1. The van der Waals surface area contributed by atoms with Gasteiger partial charge in [-0.1, -0.05) is 50.2 Å². The smallest absolute Gasteiger partial charge is 0.249 e. The summed E-state index contributed by atoms with van der Waals surface area (Å²) >= 11 is 0. The summed E-state index contributed by atoms with van der Waals surface area (Å²) in [6.07, 6.45) is 0. The van der Waals surface area contributed by atoms with Gasteiger partial charge in [-0.25, -0.2) is 0 Å². The van der Waals surface area contributed by atoms with Crippen molar-refractivity contribution in [3.05, 3.63) is 35.7 Å². The molecule has 2 aromatic rings. The molecule has 126 valence electrons. The SMILES string of the molecule is CC(NC(=O)C(C)(C)C)c1nc(-c2ccc(CN)cc2)no1.Cl. The van der Waals surface area contributed by atoms with Crippen LogP contribution in [-0.4, -0.2) is 16.0 Å². The lowest BCUT2D eigenvalue weighted by Crippen LogP contribution is -2.36. The summed E-state index contributed by atoms with van der Waals surface area (Å²) in [4.78, 5) is 16.3. The predicted octanol–water partition coefficient (Wildman–Crippen LogP) is 2.84. The third-order valence-corrected chi connectivity index (χ3v) is 3.29. The lowest BCUT2D eigenvalue weighted by molar-refractivity contribution is -0.129. The van der Waals surface area contributed by atoms with Crippen molar-refractivity contribution >= 4 is 18.3 Å². The molecule has 0 fully saturated rings. The molecule has 0 bridgehead atoms. The fourth-order valence-electron chi connectivity index (χ4n) is 1.79. The van der Waals surface area contributed by atoms with Gasteiger partial charge in [0.15, 0.2) is 0 Å². The van der Waals surface area contributed by atoms with Crippen LogP contribution in [0, 0.1) is 5.41 Å². The van der Waals surface area contributed by atoms with Crippen molar-refractivity contribution in [1.82, 2.24) is 15.5 Å². The van der Waals surface area contributed by atoms with Gasteiger partial charge in [0, 0.05) is 17.5 Å². The number of amides is 1. The topological polar surface area (TPSA) is 94.0 Å². The molecule has 1 atom stereocenters. The summed E-state index contributed by atoms with van der Waals surface area (Å²) < 4.78 is 5.25. The number of hydrogen-bond acceptors (Lipinski definition) is 5. The van der Waals surface area contributed by atoms with Crippen LogP contribution in [0.15, 0.2) is 28.8 Å². The van der Waals surface area contributed by atoms with E-state index in [2.05, 4.69) is 15.5 Å². The van der Waals surface area contributed by atoms with Gasteiger partial charge in [-0.05, 0) is 12.5 Å². The normalized spacial score (nSPS) is 12.4. The van der Waals surface area contributed by atoms with E-state index in [-0.39, 0.29) is 24.4 Å². The molecular weight excluding hydrogens is 316 g/mol. The van der Waals surface area contributed by atoms with Crippen LogP contribution in [0.25, 0.3) is 11.4 Å². The van der Waals surface area contributed by atoms with Gasteiger partial charge >= 0.3 is 0 Å². The molecule has 1 aromatic heterocycles. The van der Waals surface area contributed by atoms with Crippen molar-refractivity contribution in [1.29, 1.82) is 0 Å². The van der Waals surface area contributed by atoms with Gasteiger partial charge in [0.05, 0.1) is 0 Å².